The number of alkyl halides is 14. The molecule has 0 radical (unpaired) electrons. The van der Waals surface area contributed by atoms with E-state index in [1.807, 2.05) is 0 Å². The molecule has 0 saturated carbocycles. The second kappa shape index (κ2) is 10.0. The first-order valence-corrected chi connectivity index (χ1v) is 8.84. The minimum atomic E-state index is -7.95. The minimum absolute atomic E-state index is 0. The van der Waals surface area contributed by atoms with Gasteiger partial charge in [-0.15, -0.1) is 0 Å². The van der Waals surface area contributed by atoms with Crippen molar-refractivity contribution in [2.75, 3.05) is 0 Å². The average Bonchev–Trinajstić information content (AvgIpc) is 2.51. The molecule has 0 heterocycles. The summed E-state index contributed by atoms with van der Waals surface area (Å²) in [5.74, 6) is -30.3. The molecule has 0 amide bonds. The summed E-state index contributed by atoms with van der Waals surface area (Å²) in [4.78, 5) is 0. The molecular weight excluding hydrogens is 513 g/mol. The van der Waals surface area contributed by atoms with E-state index in [1.54, 1.807) is 0 Å². The molecule has 0 aromatic rings. The van der Waals surface area contributed by atoms with Crippen molar-refractivity contribution in [1.82, 2.24) is 0 Å². The van der Waals surface area contributed by atoms with Gasteiger partial charge in [-0.1, -0.05) is 12.8 Å². The van der Waals surface area contributed by atoms with Crippen LogP contribution in [0, 0.1) is 0 Å². The number of halogens is 14. The van der Waals surface area contributed by atoms with E-state index in [0.717, 1.165) is 0 Å². The summed E-state index contributed by atoms with van der Waals surface area (Å²) in [6.07, 6.45) is -15.1. The molecule has 1 unspecified atom stereocenters. The SMILES string of the molecule is O=S(=O)([O-])C(F)(F)C(F)(F)C(F)(F)C(F)(F)C(F)(F)C(F)CCCCCC(F)(F)F.[Na+]. The van der Waals surface area contributed by atoms with Gasteiger partial charge in [0.15, 0.2) is 16.3 Å². The summed E-state index contributed by atoms with van der Waals surface area (Å²) in [7, 11) is -7.78. The molecule has 0 spiro atoms. The normalized spacial score (nSPS) is 16.1. The van der Waals surface area contributed by atoms with Gasteiger partial charge in [-0.3, -0.25) is 0 Å². The van der Waals surface area contributed by atoms with Crippen LogP contribution >= 0.6 is 0 Å². The Kier molecular flexibility index (Phi) is 10.7. The van der Waals surface area contributed by atoms with Crippen LogP contribution in [0.2, 0.25) is 0 Å². The van der Waals surface area contributed by atoms with E-state index in [0.29, 0.717) is 0 Å². The molecule has 31 heavy (non-hydrogen) atoms. The van der Waals surface area contributed by atoms with Crippen LogP contribution in [0.25, 0.3) is 0 Å². The summed E-state index contributed by atoms with van der Waals surface area (Å²) in [5, 5.41) is -7.49. The Bertz CT molecular complexity index is 691. The maximum Gasteiger partial charge on any atom is 1.00 e. The van der Waals surface area contributed by atoms with Crippen molar-refractivity contribution in [3.63, 3.8) is 0 Å². The third kappa shape index (κ3) is 6.50. The number of unbranched alkanes of at least 4 members (excludes halogenated alkanes) is 2. The van der Waals surface area contributed by atoms with Crippen LogP contribution in [0.4, 0.5) is 61.5 Å². The third-order valence-electron chi connectivity index (χ3n) is 3.70. The Morgan fingerprint density at radius 3 is 1.45 bits per heavy atom. The Hall–Kier alpha value is -0.0700. The van der Waals surface area contributed by atoms with Crippen LogP contribution in [-0.2, 0) is 10.1 Å². The van der Waals surface area contributed by atoms with Gasteiger partial charge in [-0.05, 0) is 12.8 Å². The fourth-order valence-corrected chi connectivity index (χ4v) is 2.39. The van der Waals surface area contributed by atoms with Crippen molar-refractivity contribution in [2.45, 2.75) is 73.4 Å². The second-order valence-corrected chi connectivity index (χ2v) is 7.42. The first kappa shape index (κ1) is 33.1. The van der Waals surface area contributed by atoms with Crippen molar-refractivity contribution in [3.8, 4) is 0 Å². The van der Waals surface area contributed by atoms with Gasteiger partial charge in [0, 0.05) is 6.42 Å². The zero-order valence-electron chi connectivity index (χ0n) is 15.0. The second-order valence-electron chi connectivity index (χ2n) is 6.00. The summed E-state index contributed by atoms with van der Waals surface area (Å²) in [6, 6.07) is 0. The van der Waals surface area contributed by atoms with Crippen LogP contribution < -0.4 is 29.6 Å². The summed E-state index contributed by atoms with van der Waals surface area (Å²) >= 11 is 0. The molecule has 0 aliphatic carbocycles. The maximum atomic E-state index is 13.4. The molecule has 3 nitrogen and oxygen atoms in total. The fraction of sp³-hybridized carbons (Fsp3) is 1.00. The summed E-state index contributed by atoms with van der Waals surface area (Å²) < 4.78 is 211. The van der Waals surface area contributed by atoms with E-state index in [4.69, 9.17) is 0 Å². The van der Waals surface area contributed by atoms with Crippen molar-refractivity contribution < 1.29 is 104 Å². The summed E-state index contributed by atoms with van der Waals surface area (Å²) in [6.45, 7) is 0. The van der Waals surface area contributed by atoms with Gasteiger partial charge in [0.05, 0.1) is 0 Å². The largest absolute Gasteiger partial charge is 1.00 e. The smallest absolute Gasteiger partial charge is 0.743 e. The van der Waals surface area contributed by atoms with Crippen molar-refractivity contribution in [1.29, 1.82) is 0 Å². The van der Waals surface area contributed by atoms with E-state index in [-0.39, 0.29) is 29.6 Å². The molecule has 0 rings (SSSR count). The molecule has 0 aliphatic heterocycles. The fourth-order valence-electron chi connectivity index (χ4n) is 1.95. The van der Waals surface area contributed by atoms with Gasteiger partial charge < -0.3 is 4.55 Å². The van der Waals surface area contributed by atoms with E-state index in [2.05, 4.69) is 0 Å². The molecule has 0 aromatic carbocycles. The predicted octanol–water partition coefficient (Wildman–Crippen LogP) is 2.52. The number of hydrogen-bond acceptors (Lipinski definition) is 3. The Morgan fingerprint density at radius 1 is 0.677 bits per heavy atom. The third-order valence-corrected chi connectivity index (χ3v) is 4.58. The molecule has 0 aromatic heterocycles. The standard InChI is InChI=1S/C12H12F14O3S.Na/c13-6(4-2-1-3-5-7(14,15)16)8(17,18)9(19,20)10(21,22)11(23,24)12(25,26)30(27,28)29;/h6H,1-5H2,(H,27,28,29);/q;+1/p-1. The minimum Gasteiger partial charge on any atom is -0.743 e. The molecule has 0 aliphatic rings. The molecule has 0 saturated heterocycles. The number of hydrogen-bond donors (Lipinski definition) is 0. The first-order valence-electron chi connectivity index (χ1n) is 7.43. The molecule has 1 atom stereocenters. The zero-order chi connectivity index (χ0) is 24.6. The van der Waals surface area contributed by atoms with Crippen LogP contribution in [0.5, 0.6) is 0 Å². The van der Waals surface area contributed by atoms with Gasteiger partial charge in [0.1, 0.15) is 0 Å². The van der Waals surface area contributed by atoms with Crippen LogP contribution in [0.3, 0.4) is 0 Å². The topological polar surface area (TPSA) is 57.2 Å². The molecule has 0 fully saturated rings. The van der Waals surface area contributed by atoms with Crippen molar-refractivity contribution in [2.24, 2.45) is 0 Å². The first-order chi connectivity index (χ1) is 12.9. The Balaban J connectivity index is 0. The molecule has 0 N–H and O–H groups in total. The van der Waals surface area contributed by atoms with Gasteiger partial charge >= 0.3 is 64.7 Å². The predicted molar refractivity (Wildman–Crippen MR) is 68.5 cm³/mol. The van der Waals surface area contributed by atoms with Crippen molar-refractivity contribution >= 4 is 10.1 Å². The molecule has 0 bridgehead atoms. The van der Waals surface area contributed by atoms with E-state index < -0.39 is 83.5 Å². The number of rotatable bonds is 11. The van der Waals surface area contributed by atoms with Gasteiger partial charge in [-0.2, -0.15) is 57.1 Å². The monoisotopic (exact) mass is 524 g/mol. The molecular formula is C12H11F14NaO3S. The van der Waals surface area contributed by atoms with E-state index in [9.17, 15) is 74.4 Å². The van der Waals surface area contributed by atoms with Crippen molar-refractivity contribution in [3.05, 3.63) is 0 Å². The average molecular weight is 524 g/mol. The quantitative estimate of drug-likeness (QED) is 0.181. The Morgan fingerprint density at radius 2 is 1.10 bits per heavy atom. The van der Waals surface area contributed by atoms with Gasteiger partial charge in [0.2, 0.25) is 0 Å². The molecule has 182 valence electrons. The van der Waals surface area contributed by atoms with Gasteiger partial charge in [0.25, 0.3) is 0 Å². The Labute approximate surface area is 187 Å². The van der Waals surface area contributed by atoms with E-state index in [1.165, 1.54) is 0 Å². The van der Waals surface area contributed by atoms with Gasteiger partial charge in [-0.25, -0.2) is 12.8 Å². The van der Waals surface area contributed by atoms with Crippen LogP contribution in [0.15, 0.2) is 0 Å². The summed E-state index contributed by atoms with van der Waals surface area (Å²) in [5.41, 5.74) is 0. The van der Waals surface area contributed by atoms with E-state index >= 15 is 0 Å². The van der Waals surface area contributed by atoms with Crippen LogP contribution in [0.1, 0.15) is 32.1 Å². The molecule has 19 heteroatoms. The zero-order valence-corrected chi connectivity index (χ0v) is 17.9. The van der Waals surface area contributed by atoms with Crippen LogP contribution in [-0.4, -0.2) is 54.3 Å². The maximum absolute atomic E-state index is 13.4.